The molecule has 2 aromatic rings. The Hall–Kier alpha value is -3.20. The zero-order valence-corrected chi connectivity index (χ0v) is 16.3. The first-order valence-corrected chi connectivity index (χ1v) is 9.15. The number of nitrogens with one attached hydrogen (secondary N) is 2. The van der Waals surface area contributed by atoms with Crippen molar-refractivity contribution in [1.82, 2.24) is 10.3 Å². The summed E-state index contributed by atoms with van der Waals surface area (Å²) in [6.45, 7) is 0.707. The number of hydrogen-bond acceptors (Lipinski definition) is 6. The Morgan fingerprint density at radius 1 is 1.45 bits per heavy atom. The number of nitrogens with zero attached hydrogens (tertiary/aromatic N) is 3. The molecule has 29 heavy (non-hydrogen) atoms. The quantitative estimate of drug-likeness (QED) is 0.288. The number of pyridine rings is 1. The summed E-state index contributed by atoms with van der Waals surface area (Å²) in [6.07, 6.45) is 1.83. The SMILES string of the molecule is COC(=O)NCCN=C1Cc2c(/C(Cc3ccc(F)c(Cl)c3)=N/O)ccnc2N1. The maximum atomic E-state index is 13.4. The molecule has 0 fully saturated rings. The zero-order valence-electron chi connectivity index (χ0n) is 15.6. The number of halogens is 2. The van der Waals surface area contributed by atoms with Gasteiger partial charge in [-0.15, -0.1) is 0 Å². The minimum Gasteiger partial charge on any atom is -0.453 e. The van der Waals surface area contributed by atoms with Gasteiger partial charge >= 0.3 is 6.09 Å². The summed E-state index contributed by atoms with van der Waals surface area (Å²) < 4.78 is 17.9. The second-order valence-electron chi connectivity index (χ2n) is 6.21. The van der Waals surface area contributed by atoms with Crippen molar-refractivity contribution in [2.45, 2.75) is 12.8 Å². The van der Waals surface area contributed by atoms with E-state index in [9.17, 15) is 14.4 Å². The van der Waals surface area contributed by atoms with Crippen LogP contribution in [-0.2, 0) is 17.6 Å². The molecule has 3 N–H and O–H groups in total. The zero-order chi connectivity index (χ0) is 20.8. The lowest BCUT2D eigenvalue weighted by atomic mass is 9.98. The number of amides is 1. The third kappa shape index (κ3) is 5.00. The lowest BCUT2D eigenvalue weighted by molar-refractivity contribution is 0.171. The van der Waals surface area contributed by atoms with Crippen LogP contribution in [0.15, 0.2) is 40.6 Å². The summed E-state index contributed by atoms with van der Waals surface area (Å²) in [5, 5.41) is 18.7. The van der Waals surface area contributed by atoms with E-state index in [0.29, 0.717) is 48.0 Å². The van der Waals surface area contributed by atoms with E-state index in [1.165, 1.54) is 19.2 Å². The van der Waals surface area contributed by atoms with Gasteiger partial charge in [-0.05, 0) is 23.8 Å². The molecule has 10 heteroatoms. The maximum Gasteiger partial charge on any atom is 0.406 e. The van der Waals surface area contributed by atoms with Crippen molar-refractivity contribution in [3.63, 3.8) is 0 Å². The Balaban J connectivity index is 1.74. The van der Waals surface area contributed by atoms with Crippen LogP contribution in [0.3, 0.4) is 0 Å². The topological polar surface area (TPSA) is 108 Å². The van der Waals surface area contributed by atoms with Gasteiger partial charge < -0.3 is 20.6 Å². The maximum absolute atomic E-state index is 13.4. The van der Waals surface area contributed by atoms with Gasteiger partial charge in [-0.1, -0.05) is 22.8 Å². The van der Waals surface area contributed by atoms with E-state index >= 15 is 0 Å². The van der Waals surface area contributed by atoms with Gasteiger partial charge in [0.15, 0.2) is 0 Å². The van der Waals surface area contributed by atoms with Crippen LogP contribution in [-0.4, -0.2) is 48.0 Å². The molecule has 0 spiro atoms. The highest BCUT2D eigenvalue weighted by Gasteiger charge is 2.23. The Kier molecular flexibility index (Phi) is 6.61. The number of amidine groups is 1. The third-order valence-electron chi connectivity index (χ3n) is 4.32. The number of benzene rings is 1. The molecule has 0 atom stereocenters. The number of oxime groups is 1. The second-order valence-corrected chi connectivity index (χ2v) is 6.61. The third-order valence-corrected chi connectivity index (χ3v) is 4.61. The molecule has 152 valence electrons. The molecule has 8 nitrogen and oxygen atoms in total. The first kappa shape index (κ1) is 20.5. The monoisotopic (exact) mass is 419 g/mol. The largest absolute Gasteiger partial charge is 0.453 e. The van der Waals surface area contributed by atoms with Crippen LogP contribution >= 0.6 is 11.6 Å². The predicted molar refractivity (Wildman–Crippen MR) is 108 cm³/mol. The molecular weight excluding hydrogens is 401 g/mol. The van der Waals surface area contributed by atoms with Crippen LogP contribution in [0, 0.1) is 5.82 Å². The first-order chi connectivity index (χ1) is 14.0. The highest BCUT2D eigenvalue weighted by molar-refractivity contribution is 6.30. The van der Waals surface area contributed by atoms with E-state index in [0.717, 1.165) is 5.56 Å². The molecule has 1 aliphatic heterocycles. The molecule has 2 heterocycles. The van der Waals surface area contributed by atoms with E-state index < -0.39 is 11.9 Å². The van der Waals surface area contributed by atoms with Crippen LogP contribution in [0.5, 0.6) is 0 Å². The van der Waals surface area contributed by atoms with Gasteiger partial charge in [-0.25, -0.2) is 14.2 Å². The van der Waals surface area contributed by atoms with Gasteiger partial charge in [0.25, 0.3) is 0 Å². The summed E-state index contributed by atoms with van der Waals surface area (Å²) in [6, 6.07) is 6.12. The van der Waals surface area contributed by atoms with Crippen molar-refractivity contribution in [1.29, 1.82) is 0 Å². The van der Waals surface area contributed by atoms with E-state index in [-0.39, 0.29) is 11.4 Å². The fraction of sp³-hybridized carbons (Fsp3) is 0.263. The Morgan fingerprint density at radius 3 is 3.00 bits per heavy atom. The lowest BCUT2D eigenvalue weighted by Crippen LogP contribution is -2.26. The summed E-state index contributed by atoms with van der Waals surface area (Å²) in [5.74, 6) is 0.809. The molecule has 1 aliphatic rings. The van der Waals surface area contributed by atoms with Gasteiger partial charge in [0.2, 0.25) is 0 Å². The van der Waals surface area contributed by atoms with Crippen molar-refractivity contribution < 1.29 is 19.1 Å². The highest BCUT2D eigenvalue weighted by Crippen LogP contribution is 2.26. The Morgan fingerprint density at radius 2 is 2.28 bits per heavy atom. The molecule has 0 aliphatic carbocycles. The van der Waals surface area contributed by atoms with Crippen molar-refractivity contribution >= 4 is 35.1 Å². The minimum absolute atomic E-state index is 0.0106. The molecule has 0 saturated carbocycles. The number of anilines is 1. The van der Waals surface area contributed by atoms with Gasteiger partial charge in [0.05, 0.1) is 24.4 Å². The molecule has 0 bridgehead atoms. The molecule has 1 aromatic heterocycles. The number of fused-ring (bicyclic) bond motifs is 1. The van der Waals surface area contributed by atoms with Crippen molar-refractivity contribution in [2.75, 3.05) is 25.5 Å². The van der Waals surface area contributed by atoms with Crippen LogP contribution in [0.2, 0.25) is 5.02 Å². The van der Waals surface area contributed by atoms with Crippen LogP contribution in [0.25, 0.3) is 0 Å². The number of aromatic nitrogens is 1. The number of methoxy groups -OCH3 is 1. The standard InChI is InChI=1S/C19H19ClFN5O3/c1-29-19(27)24-7-6-22-17-10-13-12(4-5-23-18(13)25-17)16(26-28)9-11-2-3-15(21)14(20)8-11/h2-5,8,28H,6-7,9-10H2,1H3,(H,24,27)(H,22,23,25)/b26-16+. The summed E-state index contributed by atoms with van der Waals surface area (Å²) >= 11 is 5.84. The number of rotatable bonds is 6. The average Bonchev–Trinajstić information content (AvgIpc) is 3.15. The normalized spacial score (nSPS) is 14.4. The Labute approximate surface area is 171 Å². The average molecular weight is 420 g/mol. The Bertz CT molecular complexity index is 980. The molecule has 3 rings (SSSR count). The highest BCUT2D eigenvalue weighted by atomic mass is 35.5. The van der Waals surface area contributed by atoms with Crippen LogP contribution < -0.4 is 10.6 Å². The minimum atomic E-state index is -0.512. The van der Waals surface area contributed by atoms with Crippen LogP contribution in [0.4, 0.5) is 15.0 Å². The smallest absolute Gasteiger partial charge is 0.406 e. The van der Waals surface area contributed by atoms with Crippen molar-refractivity contribution in [3.8, 4) is 0 Å². The lowest BCUT2D eigenvalue weighted by Gasteiger charge is -2.09. The van der Waals surface area contributed by atoms with E-state index in [1.54, 1.807) is 18.3 Å². The van der Waals surface area contributed by atoms with Gasteiger partial charge in [-0.2, -0.15) is 0 Å². The molecule has 0 unspecified atom stereocenters. The molecular formula is C19H19ClFN5O3. The number of aliphatic imine (C=N–C) groups is 1. The van der Waals surface area contributed by atoms with Gasteiger partial charge in [0.1, 0.15) is 17.5 Å². The molecule has 1 aromatic carbocycles. The number of hydrogen-bond donors (Lipinski definition) is 3. The first-order valence-electron chi connectivity index (χ1n) is 8.77. The predicted octanol–water partition coefficient (Wildman–Crippen LogP) is 3.02. The molecule has 0 radical (unpaired) electrons. The van der Waals surface area contributed by atoms with E-state index in [4.69, 9.17) is 11.6 Å². The molecule has 1 amide bonds. The van der Waals surface area contributed by atoms with E-state index in [1.807, 2.05) is 0 Å². The van der Waals surface area contributed by atoms with Crippen molar-refractivity contribution in [3.05, 3.63) is 58.0 Å². The summed E-state index contributed by atoms with van der Waals surface area (Å²) in [5.41, 5.74) is 2.67. The fourth-order valence-electron chi connectivity index (χ4n) is 2.94. The fourth-order valence-corrected chi connectivity index (χ4v) is 3.14. The number of carbonyl (C=O) groups is 1. The summed E-state index contributed by atoms with van der Waals surface area (Å²) in [4.78, 5) is 19.8. The summed E-state index contributed by atoms with van der Waals surface area (Å²) in [7, 11) is 1.30. The van der Waals surface area contributed by atoms with Crippen molar-refractivity contribution in [2.24, 2.45) is 10.1 Å². The van der Waals surface area contributed by atoms with E-state index in [2.05, 4.69) is 30.5 Å². The molecule has 0 saturated heterocycles. The van der Waals surface area contributed by atoms with Gasteiger partial charge in [-0.3, -0.25) is 4.99 Å². The number of carbonyl (C=O) groups excluding carboxylic acids is 1. The van der Waals surface area contributed by atoms with Gasteiger partial charge in [0, 0.05) is 36.7 Å². The van der Waals surface area contributed by atoms with Crippen LogP contribution in [0.1, 0.15) is 16.7 Å². The number of ether oxygens (including phenoxy) is 1. The number of alkyl carbamates (subject to hydrolysis) is 1. The second kappa shape index (κ2) is 9.33.